The third-order valence-corrected chi connectivity index (χ3v) is 5.60. The molecular weight excluding hydrogens is 445 g/mol. The van der Waals surface area contributed by atoms with Crippen molar-refractivity contribution in [3.8, 4) is 0 Å². The number of hydrogen-bond donors (Lipinski definition) is 0. The van der Waals surface area contributed by atoms with Gasteiger partial charge in [-0.05, 0) is 25.5 Å². The summed E-state index contributed by atoms with van der Waals surface area (Å²) in [5.74, 6) is -5.68. The van der Waals surface area contributed by atoms with E-state index in [0.29, 0.717) is 36.8 Å². The number of benzene rings is 1. The summed E-state index contributed by atoms with van der Waals surface area (Å²) in [6, 6.07) is 9.90. The lowest BCUT2D eigenvalue weighted by molar-refractivity contribution is -0.291. The lowest BCUT2D eigenvalue weighted by Crippen LogP contribution is -2.48. The summed E-state index contributed by atoms with van der Waals surface area (Å²) in [6.07, 6.45) is -5.81. The molecule has 1 saturated heterocycles. The first kappa shape index (κ1) is 23.1. The summed E-state index contributed by atoms with van der Waals surface area (Å²) in [6.45, 7) is 6.02. The first-order chi connectivity index (χ1) is 15.5. The van der Waals surface area contributed by atoms with Crippen LogP contribution in [0.2, 0.25) is 0 Å². The molecule has 3 heterocycles. The maximum atomic E-state index is 14.1. The van der Waals surface area contributed by atoms with Gasteiger partial charge in [0.2, 0.25) is 0 Å². The third kappa shape index (κ3) is 4.54. The highest BCUT2D eigenvalue weighted by Gasteiger charge is 2.60. The lowest BCUT2D eigenvalue weighted by Gasteiger charge is -2.34. The highest BCUT2D eigenvalue weighted by atomic mass is 19.4. The van der Waals surface area contributed by atoms with Gasteiger partial charge in [0.15, 0.2) is 11.3 Å². The zero-order chi connectivity index (χ0) is 24.0. The zero-order valence-electron chi connectivity index (χ0n) is 18.0. The molecule has 176 valence electrons. The van der Waals surface area contributed by atoms with Crippen molar-refractivity contribution >= 4 is 11.6 Å². The van der Waals surface area contributed by atoms with Crippen molar-refractivity contribution in [1.82, 2.24) is 24.4 Å². The maximum Gasteiger partial charge on any atom is 0.459 e. The Morgan fingerprint density at radius 3 is 2.33 bits per heavy atom. The molecule has 3 aromatic rings. The topological polar surface area (TPSA) is 53.7 Å². The number of halogens is 5. The average Bonchev–Trinajstić information content (AvgIpc) is 3.16. The Hall–Kier alpha value is -3.08. The fourth-order valence-corrected chi connectivity index (χ4v) is 3.91. The Kier molecular flexibility index (Phi) is 5.85. The molecule has 0 unspecified atom stereocenters. The van der Waals surface area contributed by atoms with Gasteiger partial charge < -0.3 is 4.90 Å². The fourth-order valence-electron chi connectivity index (χ4n) is 3.91. The van der Waals surface area contributed by atoms with Crippen molar-refractivity contribution in [3.63, 3.8) is 0 Å². The number of hydrogen-bond acceptors (Lipinski definition) is 4. The first-order valence-corrected chi connectivity index (χ1v) is 10.4. The molecule has 6 nitrogen and oxygen atoms in total. The van der Waals surface area contributed by atoms with Gasteiger partial charge in [-0.1, -0.05) is 29.8 Å². The first-order valence-electron chi connectivity index (χ1n) is 10.4. The summed E-state index contributed by atoms with van der Waals surface area (Å²) >= 11 is 0. The predicted octanol–water partition coefficient (Wildman–Crippen LogP) is 3.96. The van der Waals surface area contributed by atoms with Crippen LogP contribution in [0.3, 0.4) is 0 Å². The van der Waals surface area contributed by atoms with Crippen molar-refractivity contribution in [2.45, 2.75) is 32.5 Å². The Labute approximate surface area is 186 Å². The Morgan fingerprint density at radius 2 is 1.70 bits per heavy atom. The van der Waals surface area contributed by atoms with Crippen LogP contribution in [0.1, 0.15) is 33.0 Å². The van der Waals surface area contributed by atoms with Crippen LogP contribution >= 0.6 is 0 Å². The quantitative estimate of drug-likeness (QED) is 0.546. The van der Waals surface area contributed by atoms with E-state index in [4.69, 9.17) is 0 Å². The van der Waals surface area contributed by atoms with E-state index in [1.165, 1.54) is 11.8 Å². The normalized spacial score (nSPS) is 15.9. The number of amides is 1. The van der Waals surface area contributed by atoms with Crippen molar-refractivity contribution in [2.75, 3.05) is 26.2 Å². The molecule has 0 atom stereocenters. The SMILES string of the molecule is Cc1cccc(CN2CCN(C(=O)c3cc4nc(C)cc(C(F)(F)C(F)(F)F)n4n3)CC2)c1. The highest BCUT2D eigenvalue weighted by Crippen LogP contribution is 2.43. The van der Waals surface area contributed by atoms with E-state index in [1.54, 1.807) is 0 Å². The summed E-state index contributed by atoms with van der Waals surface area (Å²) in [4.78, 5) is 20.6. The van der Waals surface area contributed by atoms with E-state index in [1.807, 2.05) is 25.1 Å². The minimum atomic E-state index is -5.81. The van der Waals surface area contributed by atoms with Gasteiger partial charge in [-0.3, -0.25) is 9.69 Å². The highest BCUT2D eigenvalue weighted by molar-refractivity contribution is 5.93. The van der Waals surface area contributed by atoms with E-state index >= 15 is 0 Å². The van der Waals surface area contributed by atoms with Crippen LogP contribution < -0.4 is 0 Å². The minimum Gasteiger partial charge on any atom is -0.335 e. The molecule has 0 N–H and O–H groups in total. The number of alkyl halides is 5. The Morgan fingerprint density at radius 1 is 1.00 bits per heavy atom. The molecular formula is C22H22F5N5O. The van der Waals surface area contributed by atoms with Crippen molar-refractivity contribution in [3.05, 3.63) is 64.6 Å². The van der Waals surface area contributed by atoms with Gasteiger partial charge in [0, 0.05) is 44.5 Å². The number of aryl methyl sites for hydroxylation is 2. The van der Waals surface area contributed by atoms with Gasteiger partial charge >= 0.3 is 12.1 Å². The second-order valence-corrected chi connectivity index (χ2v) is 8.21. The second kappa shape index (κ2) is 8.36. The molecule has 1 aliphatic rings. The molecule has 0 radical (unpaired) electrons. The van der Waals surface area contributed by atoms with Crippen LogP contribution in [-0.4, -0.2) is 62.7 Å². The van der Waals surface area contributed by atoms with E-state index in [2.05, 4.69) is 21.0 Å². The molecule has 1 amide bonds. The minimum absolute atomic E-state index is 0.0370. The van der Waals surface area contributed by atoms with Crippen molar-refractivity contribution in [1.29, 1.82) is 0 Å². The maximum absolute atomic E-state index is 14.1. The van der Waals surface area contributed by atoms with Gasteiger partial charge in [0.1, 0.15) is 5.69 Å². The molecule has 0 aliphatic carbocycles. The van der Waals surface area contributed by atoms with Crippen LogP contribution in [0, 0.1) is 13.8 Å². The van der Waals surface area contributed by atoms with Crippen LogP contribution in [0.4, 0.5) is 22.0 Å². The number of fused-ring (bicyclic) bond motifs is 1. The van der Waals surface area contributed by atoms with E-state index in [9.17, 15) is 26.7 Å². The van der Waals surface area contributed by atoms with Crippen LogP contribution in [0.25, 0.3) is 5.65 Å². The average molecular weight is 467 g/mol. The zero-order valence-corrected chi connectivity index (χ0v) is 18.0. The molecule has 0 saturated carbocycles. The number of aromatic nitrogens is 3. The van der Waals surface area contributed by atoms with Gasteiger partial charge in [0.05, 0.1) is 0 Å². The largest absolute Gasteiger partial charge is 0.459 e. The van der Waals surface area contributed by atoms with Crippen molar-refractivity contribution in [2.24, 2.45) is 0 Å². The van der Waals surface area contributed by atoms with E-state index < -0.39 is 23.7 Å². The fraction of sp³-hybridized carbons (Fsp3) is 0.409. The third-order valence-electron chi connectivity index (χ3n) is 5.60. The Balaban J connectivity index is 1.52. The molecule has 4 rings (SSSR count). The Bertz CT molecular complexity index is 1180. The van der Waals surface area contributed by atoms with Crippen LogP contribution in [-0.2, 0) is 12.5 Å². The van der Waals surface area contributed by atoms with Crippen LogP contribution in [0.15, 0.2) is 36.4 Å². The number of rotatable bonds is 4. The van der Waals surface area contributed by atoms with Crippen molar-refractivity contribution < 1.29 is 26.7 Å². The van der Waals surface area contributed by atoms with Gasteiger partial charge in [0.25, 0.3) is 5.91 Å². The molecule has 1 fully saturated rings. The second-order valence-electron chi connectivity index (χ2n) is 8.21. The molecule has 2 aromatic heterocycles. The summed E-state index contributed by atoms with van der Waals surface area (Å²) in [5.41, 5.74) is 0.446. The monoisotopic (exact) mass is 467 g/mol. The van der Waals surface area contributed by atoms with E-state index in [0.717, 1.165) is 23.7 Å². The standard InChI is InChI=1S/C22H22F5N5O/c1-14-4-3-5-16(10-14)13-30-6-8-31(9-7-30)20(33)17-12-19-28-15(2)11-18(32(19)29-17)21(23,24)22(25,26)27/h3-5,10-12H,6-9,13H2,1-2H3. The number of carbonyl (C=O) groups is 1. The molecule has 1 aliphatic heterocycles. The van der Waals surface area contributed by atoms with Crippen LogP contribution in [0.5, 0.6) is 0 Å². The smallest absolute Gasteiger partial charge is 0.335 e. The predicted molar refractivity (Wildman–Crippen MR) is 110 cm³/mol. The van der Waals surface area contributed by atoms with Gasteiger partial charge in [-0.25, -0.2) is 9.50 Å². The summed E-state index contributed by atoms with van der Waals surface area (Å²) in [5, 5.41) is 3.77. The van der Waals surface area contributed by atoms with E-state index in [-0.39, 0.29) is 17.0 Å². The molecule has 11 heteroatoms. The molecule has 0 bridgehead atoms. The number of carbonyl (C=O) groups excluding carboxylic acids is 1. The summed E-state index contributed by atoms with van der Waals surface area (Å²) in [7, 11) is 0. The van der Waals surface area contributed by atoms with Gasteiger partial charge in [-0.15, -0.1) is 0 Å². The van der Waals surface area contributed by atoms with Gasteiger partial charge in [-0.2, -0.15) is 27.1 Å². The number of piperazine rings is 1. The number of nitrogens with zero attached hydrogens (tertiary/aromatic N) is 5. The molecule has 1 aromatic carbocycles. The molecule has 0 spiro atoms. The summed E-state index contributed by atoms with van der Waals surface area (Å²) < 4.78 is 67.4. The molecule has 33 heavy (non-hydrogen) atoms. The lowest BCUT2D eigenvalue weighted by atomic mass is 10.1.